The molecule has 0 saturated carbocycles. The van der Waals surface area contributed by atoms with E-state index in [1.807, 2.05) is 0 Å². The smallest absolute Gasteiger partial charge is 0.160 e. The van der Waals surface area contributed by atoms with E-state index in [1.54, 1.807) is 6.92 Å². The van der Waals surface area contributed by atoms with Crippen LogP contribution in [0.4, 0.5) is 14.5 Å². The zero-order valence-electron chi connectivity index (χ0n) is 8.69. The first-order chi connectivity index (χ1) is 7.18. The number of nitrogens with zero attached hydrogens (tertiary/aromatic N) is 1. The lowest BCUT2D eigenvalue weighted by molar-refractivity contribution is 0.506. The van der Waals surface area contributed by atoms with Crippen LogP contribution in [0.5, 0.6) is 0 Å². The van der Waals surface area contributed by atoms with E-state index in [2.05, 4.69) is 10.2 Å². The minimum absolute atomic E-state index is 0.769. The quantitative estimate of drug-likeness (QED) is 0.762. The Hall–Kier alpha value is -1.16. The average Bonchev–Trinajstić information content (AvgIpc) is 2.25. The predicted molar refractivity (Wildman–Crippen MR) is 56.2 cm³/mol. The lowest BCUT2D eigenvalue weighted by atomic mass is 10.1. The molecule has 1 saturated heterocycles. The van der Waals surface area contributed by atoms with Crippen LogP contribution >= 0.6 is 0 Å². The van der Waals surface area contributed by atoms with Gasteiger partial charge in [0, 0.05) is 37.9 Å². The Labute approximate surface area is 87.9 Å². The van der Waals surface area contributed by atoms with E-state index < -0.39 is 11.6 Å². The van der Waals surface area contributed by atoms with Gasteiger partial charge < -0.3 is 10.2 Å². The maximum Gasteiger partial charge on any atom is 0.160 e. The molecule has 1 aromatic carbocycles. The molecule has 2 nitrogen and oxygen atoms in total. The van der Waals surface area contributed by atoms with Crippen molar-refractivity contribution in [3.05, 3.63) is 29.3 Å². The van der Waals surface area contributed by atoms with Crippen molar-refractivity contribution in [2.75, 3.05) is 31.1 Å². The number of benzene rings is 1. The zero-order chi connectivity index (χ0) is 10.8. The normalized spacial score (nSPS) is 16.9. The van der Waals surface area contributed by atoms with Crippen LogP contribution in [0.1, 0.15) is 5.56 Å². The third-order valence-corrected chi connectivity index (χ3v) is 2.70. The van der Waals surface area contributed by atoms with Gasteiger partial charge in [0.25, 0.3) is 0 Å². The molecular formula is C11H14F2N2. The highest BCUT2D eigenvalue weighted by molar-refractivity contribution is 5.54. The molecule has 0 radical (unpaired) electrons. The number of rotatable bonds is 1. The molecule has 1 aliphatic heterocycles. The number of hydrogen-bond donors (Lipinski definition) is 1. The van der Waals surface area contributed by atoms with Crippen molar-refractivity contribution in [1.29, 1.82) is 0 Å². The van der Waals surface area contributed by atoms with E-state index in [9.17, 15) is 8.78 Å². The molecule has 1 N–H and O–H groups in total. The summed E-state index contributed by atoms with van der Waals surface area (Å²) in [5, 5.41) is 3.22. The van der Waals surface area contributed by atoms with E-state index in [0.29, 0.717) is 0 Å². The molecule has 0 atom stereocenters. The van der Waals surface area contributed by atoms with E-state index >= 15 is 0 Å². The summed E-state index contributed by atoms with van der Waals surface area (Å²) in [6, 6.07) is 2.54. The molecule has 1 aromatic rings. The monoisotopic (exact) mass is 212 g/mol. The summed E-state index contributed by atoms with van der Waals surface area (Å²) in [4.78, 5) is 2.08. The molecule has 0 amide bonds. The van der Waals surface area contributed by atoms with Crippen LogP contribution in [0.15, 0.2) is 12.1 Å². The maximum absolute atomic E-state index is 13.1. The first kappa shape index (κ1) is 10.4. The van der Waals surface area contributed by atoms with Crippen LogP contribution in [-0.4, -0.2) is 26.2 Å². The second-order valence-electron chi connectivity index (χ2n) is 3.79. The van der Waals surface area contributed by atoms with Crippen LogP contribution in [0.2, 0.25) is 0 Å². The topological polar surface area (TPSA) is 15.3 Å². The summed E-state index contributed by atoms with van der Waals surface area (Å²) in [6.45, 7) is 5.26. The molecule has 1 fully saturated rings. The molecule has 0 aliphatic carbocycles. The minimum Gasteiger partial charge on any atom is -0.369 e. The van der Waals surface area contributed by atoms with Crippen LogP contribution in [-0.2, 0) is 0 Å². The summed E-state index contributed by atoms with van der Waals surface area (Å²) in [5.74, 6) is -1.54. The van der Waals surface area contributed by atoms with Gasteiger partial charge in [-0.25, -0.2) is 8.78 Å². The Balaban J connectivity index is 2.30. The number of anilines is 1. The molecule has 2 rings (SSSR count). The molecule has 1 heterocycles. The van der Waals surface area contributed by atoms with Crippen LogP contribution in [0, 0.1) is 18.6 Å². The minimum atomic E-state index is -0.772. The standard InChI is InChI=1S/C11H14F2N2/c1-8-6-9(12)10(13)7-11(8)15-4-2-14-3-5-15/h6-7,14H,2-5H2,1H3. The number of piperazine rings is 1. The van der Waals surface area contributed by atoms with E-state index in [0.717, 1.165) is 37.4 Å². The number of halogens is 2. The summed E-state index contributed by atoms with van der Waals surface area (Å²) < 4.78 is 26.0. The number of nitrogens with one attached hydrogen (secondary N) is 1. The molecule has 82 valence electrons. The fourth-order valence-corrected chi connectivity index (χ4v) is 1.88. The van der Waals surface area contributed by atoms with Crippen LogP contribution in [0.25, 0.3) is 0 Å². The van der Waals surface area contributed by atoms with Crippen molar-refractivity contribution in [2.45, 2.75) is 6.92 Å². The fraction of sp³-hybridized carbons (Fsp3) is 0.455. The van der Waals surface area contributed by atoms with Gasteiger partial charge in [-0.3, -0.25) is 0 Å². The Bertz CT molecular complexity index is 360. The van der Waals surface area contributed by atoms with Crippen molar-refractivity contribution in [3.8, 4) is 0 Å². The summed E-state index contributed by atoms with van der Waals surface area (Å²) in [6.07, 6.45) is 0. The summed E-state index contributed by atoms with van der Waals surface area (Å²) in [7, 11) is 0. The Kier molecular flexibility index (Phi) is 2.86. The lowest BCUT2D eigenvalue weighted by Crippen LogP contribution is -2.43. The Morgan fingerprint density at radius 1 is 1.13 bits per heavy atom. The highest BCUT2D eigenvalue weighted by Gasteiger charge is 2.15. The largest absolute Gasteiger partial charge is 0.369 e. The highest BCUT2D eigenvalue weighted by atomic mass is 19.2. The molecule has 1 aliphatic rings. The van der Waals surface area contributed by atoms with Gasteiger partial charge in [-0.15, -0.1) is 0 Å². The third-order valence-electron chi connectivity index (χ3n) is 2.70. The van der Waals surface area contributed by atoms with Gasteiger partial charge in [0.2, 0.25) is 0 Å². The van der Waals surface area contributed by atoms with Gasteiger partial charge in [-0.05, 0) is 18.6 Å². The van der Waals surface area contributed by atoms with Crippen molar-refractivity contribution >= 4 is 5.69 Å². The van der Waals surface area contributed by atoms with Gasteiger partial charge in [0.05, 0.1) is 0 Å². The fourth-order valence-electron chi connectivity index (χ4n) is 1.88. The second kappa shape index (κ2) is 4.14. The summed E-state index contributed by atoms with van der Waals surface area (Å²) >= 11 is 0. The predicted octanol–water partition coefficient (Wildman–Crippen LogP) is 1.68. The molecular weight excluding hydrogens is 198 g/mol. The van der Waals surface area contributed by atoms with Crippen LogP contribution < -0.4 is 10.2 Å². The first-order valence-corrected chi connectivity index (χ1v) is 5.10. The van der Waals surface area contributed by atoms with Gasteiger partial charge in [0.15, 0.2) is 11.6 Å². The highest BCUT2D eigenvalue weighted by Crippen LogP contribution is 2.23. The molecule has 4 heteroatoms. The summed E-state index contributed by atoms with van der Waals surface area (Å²) in [5.41, 5.74) is 1.59. The van der Waals surface area contributed by atoms with E-state index in [-0.39, 0.29) is 0 Å². The first-order valence-electron chi connectivity index (χ1n) is 5.10. The van der Waals surface area contributed by atoms with Crippen molar-refractivity contribution in [1.82, 2.24) is 5.32 Å². The van der Waals surface area contributed by atoms with Gasteiger partial charge in [-0.2, -0.15) is 0 Å². The van der Waals surface area contributed by atoms with E-state index in [1.165, 1.54) is 12.1 Å². The lowest BCUT2D eigenvalue weighted by Gasteiger charge is -2.30. The number of aryl methyl sites for hydroxylation is 1. The number of hydrogen-bond acceptors (Lipinski definition) is 2. The molecule has 0 bridgehead atoms. The Morgan fingerprint density at radius 3 is 2.40 bits per heavy atom. The molecule has 15 heavy (non-hydrogen) atoms. The second-order valence-corrected chi connectivity index (χ2v) is 3.79. The maximum atomic E-state index is 13.1. The van der Waals surface area contributed by atoms with Crippen LogP contribution in [0.3, 0.4) is 0 Å². The van der Waals surface area contributed by atoms with Crippen molar-refractivity contribution < 1.29 is 8.78 Å². The molecule has 0 spiro atoms. The van der Waals surface area contributed by atoms with Crippen molar-refractivity contribution in [3.63, 3.8) is 0 Å². The van der Waals surface area contributed by atoms with Gasteiger partial charge >= 0.3 is 0 Å². The van der Waals surface area contributed by atoms with Gasteiger partial charge in [-0.1, -0.05) is 0 Å². The molecule has 0 unspecified atom stereocenters. The zero-order valence-corrected chi connectivity index (χ0v) is 8.69. The van der Waals surface area contributed by atoms with Gasteiger partial charge in [0.1, 0.15) is 0 Å². The SMILES string of the molecule is Cc1cc(F)c(F)cc1N1CCNCC1. The van der Waals surface area contributed by atoms with Crippen molar-refractivity contribution in [2.24, 2.45) is 0 Å². The average molecular weight is 212 g/mol. The van der Waals surface area contributed by atoms with E-state index in [4.69, 9.17) is 0 Å². The molecule has 0 aromatic heterocycles. The Morgan fingerprint density at radius 2 is 1.73 bits per heavy atom. The third kappa shape index (κ3) is 2.09.